The lowest BCUT2D eigenvalue weighted by atomic mass is 9.80. The second-order valence-corrected chi connectivity index (χ2v) is 5.97. The zero-order valence-corrected chi connectivity index (χ0v) is 14.0. The highest BCUT2D eigenvalue weighted by Gasteiger charge is 2.57. The van der Waals surface area contributed by atoms with Crippen LogP contribution in [0.3, 0.4) is 0 Å². The van der Waals surface area contributed by atoms with Gasteiger partial charge in [-0.05, 0) is 37.1 Å². The molecule has 2 amide bonds. The number of carbonyl (C=O) groups excluding carboxylic acids is 2. The molecule has 3 rings (SSSR count). The van der Waals surface area contributed by atoms with Gasteiger partial charge in [-0.2, -0.15) is 0 Å². The molecule has 2 aromatic carbocycles. The van der Waals surface area contributed by atoms with Crippen LogP contribution in [0.1, 0.15) is 12.8 Å². The molecule has 2 aromatic rings. The van der Waals surface area contributed by atoms with Gasteiger partial charge < -0.3 is 0 Å². The van der Waals surface area contributed by atoms with E-state index in [1.165, 1.54) is 10.0 Å². The fourth-order valence-corrected chi connectivity index (χ4v) is 3.21. The van der Waals surface area contributed by atoms with E-state index in [0.29, 0.717) is 11.4 Å². The highest BCUT2D eigenvalue weighted by molar-refractivity contribution is 6.26. The van der Waals surface area contributed by atoms with Crippen LogP contribution in [0.15, 0.2) is 86.0 Å². The number of allylic oxidation sites excluding steroid dienone is 2. The highest BCUT2D eigenvalue weighted by atomic mass is 16.2. The average Bonchev–Trinajstić information content (AvgIpc) is 2.86. The molecule has 0 bridgehead atoms. The van der Waals surface area contributed by atoms with Crippen LogP contribution >= 0.6 is 0 Å². The van der Waals surface area contributed by atoms with Gasteiger partial charge in [-0.25, -0.2) is 10.0 Å². The first-order valence-corrected chi connectivity index (χ1v) is 8.16. The van der Waals surface area contributed by atoms with Gasteiger partial charge in [0.15, 0.2) is 0 Å². The van der Waals surface area contributed by atoms with Gasteiger partial charge in [0.2, 0.25) is 0 Å². The number of hydrazine groups is 1. The molecular formula is C21H20N2O2. The van der Waals surface area contributed by atoms with E-state index >= 15 is 0 Å². The maximum Gasteiger partial charge on any atom is 0.262 e. The molecular weight excluding hydrogens is 312 g/mol. The minimum absolute atomic E-state index is 0.257. The summed E-state index contributed by atoms with van der Waals surface area (Å²) in [5, 5.41) is 2.93. The summed E-state index contributed by atoms with van der Waals surface area (Å²) in [5.41, 5.74) is 0.106. The molecule has 1 fully saturated rings. The molecule has 1 aliphatic rings. The van der Waals surface area contributed by atoms with Gasteiger partial charge in [-0.15, -0.1) is 13.2 Å². The summed E-state index contributed by atoms with van der Waals surface area (Å²) in [6.07, 6.45) is 3.78. The number of anilines is 2. The molecule has 1 saturated heterocycles. The summed E-state index contributed by atoms with van der Waals surface area (Å²) in [6.45, 7) is 7.48. The van der Waals surface area contributed by atoms with Crippen LogP contribution in [0.2, 0.25) is 0 Å². The second-order valence-electron chi connectivity index (χ2n) is 5.97. The smallest absolute Gasteiger partial charge is 0.262 e. The lowest BCUT2D eigenvalue weighted by Gasteiger charge is -2.27. The van der Waals surface area contributed by atoms with Crippen LogP contribution in [0, 0.1) is 5.41 Å². The van der Waals surface area contributed by atoms with Gasteiger partial charge in [0.1, 0.15) is 5.41 Å². The SMILES string of the molecule is C=CCC1(CC=C)C(=O)N(c2ccccc2)N(c2ccccc2)C1=O. The predicted octanol–water partition coefficient (Wildman–Crippen LogP) is 4.12. The molecule has 4 heteroatoms. The fourth-order valence-electron chi connectivity index (χ4n) is 3.21. The largest absolute Gasteiger partial charge is 0.271 e. The Kier molecular flexibility index (Phi) is 4.52. The minimum Gasteiger partial charge on any atom is -0.271 e. The van der Waals surface area contributed by atoms with Crippen molar-refractivity contribution in [1.29, 1.82) is 0 Å². The number of hydrogen-bond acceptors (Lipinski definition) is 2. The fraction of sp³-hybridized carbons (Fsp3) is 0.143. The standard InChI is InChI=1S/C21H20N2O2/c1-3-15-21(16-4-2)19(24)22(17-11-7-5-8-12-17)23(20(21)25)18-13-9-6-10-14-18/h3-14H,1-2,15-16H2. The monoisotopic (exact) mass is 332 g/mol. The number of nitrogens with zero attached hydrogens (tertiary/aromatic N) is 2. The van der Waals surface area contributed by atoms with Crippen molar-refractivity contribution in [2.24, 2.45) is 5.41 Å². The summed E-state index contributed by atoms with van der Waals surface area (Å²) < 4.78 is 0. The molecule has 0 radical (unpaired) electrons. The molecule has 0 N–H and O–H groups in total. The second kappa shape index (κ2) is 6.77. The first-order chi connectivity index (χ1) is 12.2. The first kappa shape index (κ1) is 16.7. The third kappa shape index (κ3) is 2.66. The molecule has 25 heavy (non-hydrogen) atoms. The molecule has 4 nitrogen and oxygen atoms in total. The van der Waals surface area contributed by atoms with Crippen molar-refractivity contribution in [3.8, 4) is 0 Å². The van der Waals surface area contributed by atoms with E-state index in [-0.39, 0.29) is 24.7 Å². The molecule has 0 aromatic heterocycles. The minimum atomic E-state index is -1.20. The van der Waals surface area contributed by atoms with Crippen molar-refractivity contribution in [1.82, 2.24) is 0 Å². The van der Waals surface area contributed by atoms with Crippen molar-refractivity contribution in [3.63, 3.8) is 0 Å². The number of carbonyl (C=O) groups is 2. The Morgan fingerprint density at radius 2 is 1.08 bits per heavy atom. The van der Waals surface area contributed by atoms with Crippen molar-refractivity contribution in [2.75, 3.05) is 10.0 Å². The molecule has 1 heterocycles. The Bertz CT molecular complexity index is 730. The summed E-state index contributed by atoms with van der Waals surface area (Å²) in [6, 6.07) is 18.4. The highest BCUT2D eigenvalue weighted by Crippen LogP contribution is 2.43. The van der Waals surface area contributed by atoms with Crippen LogP contribution < -0.4 is 10.0 Å². The summed E-state index contributed by atoms with van der Waals surface area (Å²) in [7, 11) is 0. The molecule has 126 valence electrons. The Morgan fingerprint density at radius 3 is 1.40 bits per heavy atom. The Hall–Kier alpha value is -3.14. The first-order valence-electron chi connectivity index (χ1n) is 8.16. The van der Waals surface area contributed by atoms with E-state index in [9.17, 15) is 9.59 Å². The van der Waals surface area contributed by atoms with Crippen LogP contribution in [0.4, 0.5) is 11.4 Å². The van der Waals surface area contributed by atoms with Crippen LogP contribution in [-0.2, 0) is 9.59 Å². The van der Waals surface area contributed by atoms with Gasteiger partial charge >= 0.3 is 0 Å². The van der Waals surface area contributed by atoms with E-state index < -0.39 is 5.41 Å². The zero-order chi connectivity index (χ0) is 17.9. The van der Waals surface area contributed by atoms with Gasteiger partial charge in [-0.3, -0.25) is 9.59 Å². The third-order valence-electron chi connectivity index (χ3n) is 4.39. The zero-order valence-electron chi connectivity index (χ0n) is 14.0. The Morgan fingerprint density at radius 1 is 0.720 bits per heavy atom. The maximum absolute atomic E-state index is 13.4. The Balaban J connectivity index is 2.19. The quantitative estimate of drug-likeness (QED) is 0.590. The predicted molar refractivity (Wildman–Crippen MR) is 99.9 cm³/mol. The average molecular weight is 332 g/mol. The van der Waals surface area contributed by atoms with Gasteiger partial charge in [0.25, 0.3) is 11.8 Å². The lowest BCUT2D eigenvalue weighted by molar-refractivity contribution is -0.134. The van der Waals surface area contributed by atoms with Gasteiger partial charge in [-0.1, -0.05) is 48.6 Å². The summed E-state index contributed by atoms with van der Waals surface area (Å²) in [4.78, 5) is 26.7. The van der Waals surface area contributed by atoms with E-state index in [0.717, 1.165) is 0 Å². The molecule has 0 saturated carbocycles. The summed E-state index contributed by atoms with van der Waals surface area (Å²) >= 11 is 0. The van der Waals surface area contributed by atoms with Crippen molar-refractivity contribution >= 4 is 23.2 Å². The molecule has 0 aliphatic carbocycles. The van der Waals surface area contributed by atoms with Crippen LogP contribution in [0.5, 0.6) is 0 Å². The lowest BCUT2D eigenvalue weighted by Crippen LogP contribution is -2.41. The number of benzene rings is 2. The van der Waals surface area contributed by atoms with Crippen LogP contribution in [-0.4, -0.2) is 11.8 Å². The van der Waals surface area contributed by atoms with Gasteiger partial charge in [0, 0.05) is 0 Å². The van der Waals surface area contributed by atoms with E-state index in [2.05, 4.69) is 13.2 Å². The van der Waals surface area contributed by atoms with Crippen LogP contribution in [0.25, 0.3) is 0 Å². The number of para-hydroxylation sites is 2. The van der Waals surface area contributed by atoms with Crippen molar-refractivity contribution in [3.05, 3.63) is 86.0 Å². The molecule has 1 aliphatic heterocycles. The maximum atomic E-state index is 13.4. The number of hydrogen-bond donors (Lipinski definition) is 0. The summed E-state index contributed by atoms with van der Waals surface area (Å²) in [5.74, 6) is -0.514. The third-order valence-corrected chi connectivity index (χ3v) is 4.39. The van der Waals surface area contributed by atoms with E-state index in [1.807, 2.05) is 60.7 Å². The molecule has 0 atom stereocenters. The molecule has 0 unspecified atom stereocenters. The van der Waals surface area contributed by atoms with Crippen molar-refractivity contribution < 1.29 is 9.59 Å². The van der Waals surface area contributed by atoms with Crippen molar-refractivity contribution in [2.45, 2.75) is 12.8 Å². The Labute approximate surface area is 147 Å². The topological polar surface area (TPSA) is 40.6 Å². The van der Waals surface area contributed by atoms with Gasteiger partial charge in [0.05, 0.1) is 11.4 Å². The number of amides is 2. The number of rotatable bonds is 6. The molecule has 0 spiro atoms. The van der Waals surface area contributed by atoms with E-state index in [4.69, 9.17) is 0 Å². The normalized spacial score (nSPS) is 16.2. The van der Waals surface area contributed by atoms with E-state index in [1.54, 1.807) is 12.2 Å².